The summed E-state index contributed by atoms with van der Waals surface area (Å²) in [6.07, 6.45) is 3.70. The Labute approximate surface area is 75.5 Å². The van der Waals surface area contributed by atoms with E-state index in [2.05, 4.69) is 4.98 Å². The Morgan fingerprint density at radius 1 is 1.42 bits per heavy atom. The summed E-state index contributed by atoms with van der Waals surface area (Å²) in [5.41, 5.74) is 0.959. The SMILES string of the molecule is Cn1ccc2ncccc2c1=S. The second kappa shape index (κ2) is 2.68. The highest BCUT2D eigenvalue weighted by Gasteiger charge is 1.94. The van der Waals surface area contributed by atoms with Crippen LogP contribution in [0.15, 0.2) is 30.6 Å². The molecular formula is C9H8N2S. The molecule has 0 amide bonds. The summed E-state index contributed by atoms with van der Waals surface area (Å²) in [5.74, 6) is 0. The molecule has 0 saturated carbocycles. The molecular weight excluding hydrogens is 168 g/mol. The summed E-state index contributed by atoms with van der Waals surface area (Å²) < 4.78 is 2.75. The highest BCUT2D eigenvalue weighted by molar-refractivity contribution is 7.71. The van der Waals surface area contributed by atoms with Gasteiger partial charge in [0.05, 0.1) is 5.52 Å². The van der Waals surface area contributed by atoms with E-state index in [4.69, 9.17) is 12.2 Å². The molecule has 0 atom stereocenters. The van der Waals surface area contributed by atoms with Crippen LogP contribution < -0.4 is 0 Å². The first-order valence-electron chi connectivity index (χ1n) is 3.69. The van der Waals surface area contributed by atoms with E-state index in [1.807, 2.05) is 36.0 Å². The number of nitrogens with zero attached hydrogens (tertiary/aromatic N) is 2. The molecule has 2 aromatic rings. The van der Waals surface area contributed by atoms with Crippen LogP contribution in [0.3, 0.4) is 0 Å². The van der Waals surface area contributed by atoms with E-state index in [1.165, 1.54) is 0 Å². The first kappa shape index (κ1) is 7.43. The van der Waals surface area contributed by atoms with Crippen LogP contribution >= 0.6 is 12.2 Å². The van der Waals surface area contributed by atoms with Crippen molar-refractivity contribution in [3.8, 4) is 0 Å². The van der Waals surface area contributed by atoms with E-state index in [0.29, 0.717) is 0 Å². The van der Waals surface area contributed by atoms with Crippen LogP contribution in [-0.4, -0.2) is 9.55 Å². The number of hydrogen-bond donors (Lipinski definition) is 0. The first-order valence-corrected chi connectivity index (χ1v) is 4.10. The molecule has 2 rings (SSSR count). The average Bonchev–Trinajstić information content (AvgIpc) is 2.12. The molecule has 2 heterocycles. The van der Waals surface area contributed by atoms with Crippen molar-refractivity contribution in [3.05, 3.63) is 35.2 Å². The van der Waals surface area contributed by atoms with Gasteiger partial charge >= 0.3 is 0 Å². The quantitative estimate of drug-likeness (QED) is 0.573. The minimum Gasteiger partial charge on any atom is -0.342 e. The molecule has 0 saturated heterocycles. The van der Waals surface area contributed by atoms with Crippen molar-refractivity contribution in [2.24, 2.45) is 7.05 Å². The highest BCUT2D eigenvalue weighted by atomic mass is 32.1. The molecule has 0 spiro atoms. The number of rotatable bonds is 0. The van der Waals surface area contributed by atoms with E-state index in [1.54, 1.807) is 6.20 Å². The largest absolute Gasteiger partial charge is 0.342 e. The number of aromatic nitrogens is 2. The summed E-state index contributed by atoms with van der Waals surface area (Å²) in [7, 11) is 1.94. The maximum atomic E-state index is 5.22. The van der Waals surface area contributed by atoms with Crippen molar-refractivity contribution >= 4 is 23.1 Å². The molecule has 12 heavy (non-hydrogen) atoms. The summed E-state index contributed by atoms with van der Waals surface area (Å²) in [6, 6.07) is 5.86. The van der Waals surface area contributed by atoms with Crippen molar-refractivity contribution in [1.82, 2.24) is 9.55 Å². The van der Waals surface area contributed by atoms with Crippen LogP contribution in [0.4, 0.5) is 0 Å². The molecule has 0 aliphatic rings. The second-order valence-corrected chi connectivity index (χ2v) is 3.05. The van der Waals surface area contributed by atoms with Crippen LogP contribution in [-0.2, 0) is 7.05 Å². The minimum absolute atomic E-state index is 0.834. The van der Waals surface area contributed by atoms with E-state index in [9.17, 15) is 0 Å². The topological polar surface area (TPSA) is 17.8 Å². The Morgan fingerprint density at radius 3 is 3.08 bits per heavy atom. The van der Waals surface area contributed by atoms with Crippen molar-refractivity contribution in [2.75, 3.05) is 0 Å². The lowest BCUT2D eigenvalue weighted by Gasteiger charge is -2.00. The van der Waals surface area contributed by atoms with Gasteiger partial charge in [-0.05, 0) is 18.2 Å². The highest BCUT2D eigenvalue weighted by Crippen LogP contribution is 2.10. The van der Waals surface area contributed by atoms with Crippen molar-refractivity contribution in [3.63, 3.8) is 0 Å². The van der Waals surface area contributed by atoms with Crippen LogP contribution in [0, 0.1) is 4.64 Å². The third kappa shape index (κ3) is 1.02. The maximum Gasteiger partial charge on any atom is 0.115 e. The molecule has 0 aliphatic carbocycles. The lowest BCUT2D eigenvalue weighted by molar-refractivity contribution is 0.897. The smallest absolute Gasteiger partial charge is 0.115 e. The van der Waals surface area contributed by atoms with Crippen molar-refractivity contribution in [1.29, 1.82) is 0 Å². The fourth-order valence-corrected chi connectivity index (χ4v) is 1.40. The third-order valence-corrected chi connectivity index (χ3v) is 2.35. The number of hydrogen-bond acceptors (Lipinski definition) is 2. The fourth-order valence-electron chi connectivity index (χ4n) is 1.17. The van der Waals surface area contributed by atoms with Gasteiger partial charge in [0.2, 0.25) is 0 Å². The summed E-state index contributed by atoms with van der Waals surface area (Å²) in [5, 5.41) is 1.04. The average molecular weight is 176 g/mol. The van der Waals surface area contributed by atoms with Gasteiger partial charge in [-0.3, -0.25) is 4.98 Å². The molecule has 0 aromatic carbocycles. The van der Waals surface area contributed by atoms with Gasteiger partial charge in [-0.25, -0.2) is 0 Å². The predicted molar refractivity (Wildman–Crippen MR) is 51.5 cm³/mol. The number of aryl methyl sites for hydroxylation is 1. The zero-order chi connectivity index (χ0) is 8.55. The second-order valence-electron chi connectivity index (χ2n) is 2.67. The molecule has 0 N–H and O–H groups in total. The molecule has 0 unspecified atom stereocenters. The Balaban J connectivity index is 3.01. The maximum absolute atomic E-state index is 5.22. The van der Waals surface area contributed by atoms with Crippen LogP contribution in [0.1, 0.15) is 0 Å². The molecule has 0 radical (unpaired) electrons. The monoisotopic (exact) mass is 176 g/mol. The first-order chi connectivity index (χ1) is 5.79. The molecule has 0 fully saturated rings. The van der Waals surface area contributed by atoms with Crippen molar-refractivity contribution in [2.45, 2.75) is 0 Å². The Kier molecular flexibility index (Phi) is 1.66. The lowest BCUT2D eigenvalue weighted by Crippen LogP contribution is -1.91. The zero-order valence-corrected chi connectivity index (χ0v) is 7.51. The zero-order valence-electron chi connectivity index (χ0n) is 6.69. The summed E-state index contributed by atoms with van der Waals surface area (Å²) in [6.45, 7) is 0. The van der Waals surface area contributed by atoms with Gasteiger partial charge in [-0.2, -0.15) is 0 Å². The van der Waals surface area contributed by atoms with E-state index in [0.717, 1.165) is 15.5 Å². The molecule has 0 bridgehead atoms. The standard InChI is InChI=1S/C9H8N2S/c1-11-6-4-8-7(9(11)12)3-2-5-10-8/h2-6H,1H3. The number of fused-ring (bicyclic) bond motifs is 1. The molecule has 60 valence electrons. The van der Waals surface area contributed by atoms with E-state index >= 15 is 0 Å². The Bertz CT molecular complexity index is 473. The molecule has 3 heteroatoms. The summed E-state index contributed by atoms with van der Waals surface area (Å²) in [4.78, 5) is 4.20. The Morgan fingerprint density at radius 2 is 2.25 bits per heavy atom. The van der Waals surface area contributed by atoms with Gasteiger partial charge in [0.15, 0.2) is 0 Å². The van der Waals surface area contributed by atoms with Gasteiger partial charge in [-0.1, -0.05) is 12.2 Å². The molecule has 2 nitrogen and oxygen atoms in total. The minimum atomic E-state index is 0.834. The van der Waals surface area contributed by atoms with Crippen LogP contribution in [0.25, 0.3) is 10.9 Å². The van der Waals surface area contributed by atoms with Gasteiger partial charge in [0.1, 0.15) is 4.64 Å². The number of pyridine rings is 2. The fraction of sp³-hybridized carbons (Fsp3) is 0.111. The van der Waals surface area contributed by atoms with E-state index < -0.39 is 0 Å². The molecule has 2 aromatic heterocycles. The normalized spacial score (nSPS) is 10.4. The predicted octanol–water partition coefficient (Wildman–Crippen LogP) is 2.30. The third-order valence-electron chi connectivity index (χ3n) is 1.85. The summed E-state index contributed by atoms with van der Waals surface area (Å²) >= 11 is 5.22. The van der Waals surface area contributed by atoms with Crippen LogP contribution in [0.2, 0.25) is 0 Å². The van der Waals surface area contributed by atoms with Crippen LogP contribution in [0.5, 0.6) is 0 Å². The van der Waals surface area contributed by atoms with Gasteiger partial charge < -0.3 is 4.57 Å². The lowest BCUT2D eigenvalue weighted by atomic mass is 10.3. The van der Waals surface area contributed by atoms with E-state index in [-0.39, 0.29) is 0 Å². The van der Waals surface area contributed by atoms with Crippen molar-refractivity contribution < 1.29 is 0 Å². The Hall–Kier alpha value is -1.22. The van der Waals surface area contributed by atoms with Gasteiger partial charge in [-0.15, -0.1) is 0 Å². The van der Waals surface area contributed by atoms with Gasteiger partial charge in [0.25, 0.3) is 0 Å². The van der Waals surface area contributed by atoms with Gasteiger partial charge in [0, 0.05) is 24.8 Å². The molecule has 0 aliphatic heterocycles.